The van der Waals surface area contributed by atoms with Crippen LogP contribution in [0.4, 0.5) is 0 Å². The van der Waals surface area contributed by atoms with Gasteiger partial charge < -0.3 is 10.2 Å². The Morgan fingerprint density at radius 1 is 1.32 bits per heavy atom. The van der Waals surface area contributed by atoms with Crippen molar-refractivity contribution in [3.63, 3.8) is 0 Å². The van der Waals surface area contributed by atoms with E-state index in [0.29, 0.717) is 5.56 Å². The van der Waals surface area contributed by atoms with Crippen LogP contribution >= 0.6 is 0 Å². The van der Waals surface area contributed by atoms with E-state index in [-0.39, 0.29) is 36.5 Å². The number of H-pyrrole nitrogens is 1. The fraction of sp³-hybridized carbons (Fsp3) is 0.692. The maximum atomic E-state index is 11.9. The molecule has 1 aliphatic rings. The Morgan fingerprint density at radius 2 is 1.95 bits per heavy atom. The summed E-state index contributed by atoms with van der Waals surface area (Å²) >= 11 is 0. The number of nitrogens with one attached hydrogen (secondary N) is 1. The van der Waals surface area contributed by atoms with Gasteiger partial charge in [-0.2, -0.15) is 0 Å². The molecular formula is C13H20N2O4. The van der Waals surface area contributed by atoms with Crippen molar-refractivity contribution in [2.75, 3.05) is 13.2 Å². The summed E-state index contributed by atoms with van der Waals surface area (Å²) < 4.78 is 1.48. The van der Waals surface area contributed by atoms with Gasteiger partial charge in [-0.3, -0.25) is 14.3 Å². The molecule has 3 N–H and O–H groups in total. The zero-order valence-electron chi connectivity index (χ0n) is 11.4. The van der Waals surface area contributed by atoms with Crippen LogP contribution in [0.3, 0.4) is 0 Å². The van der Waals surface area contributed by atoms with Crippen LogP contribution in [0.5, 0.6) is 0 Å². The maximum absolute atomic E-state index is 11.9. The largest absolute Gasteiger partial charge is 0.396 e. The van der Waals surface area contributed by atoms with Gasteiger partial charge in [0.05, 0.1) is 0 Å². The third kappa shape index (κ3) is 1.95. The molecule has 0 aromatic carbocycles. The molecule has 1 heterocycles. The highest BCUT2D eigenvalue weighted by molar-refractivity contribution is 5.10. The molecule has 3 atom stereocenters. The Hall–Kier alpha value is -1.40. The quantitative estimate of drug-likeness (QED) is 0.698. The second-order valence-corrected chi connectivity index (χ2v) is 5.88. The third-order valence-electron chi connectivity index (χ3n) is 4.49. The molecule has 0 saturated heterocycles. The topological polar surface area (TPSA) is 95.3 Å². The minimum Gasteiger partial charge on any atom is -0.396 e. The highest BCUT2D eigenvalue weighted by Crippen LogP contribution is 2.57. The van der Waals surface area contributed by atoms with Gasteiger partial charge in [0.15, 0.2) is 0 Å². The second-order valence-electron chi connectivity index (χ2n) is 5.88. The lowest BCUT2D eigenvalue weighted by molar-refractivity contribution is -0.130. The monoisotopic (exact) mass is 268 g/mol. The van der Waals surface area contributed by atoms with Crippen LogP contribution in [0.25, 0.3) is 0 Å². The Kier molecular flexibility index (Phi) is 3.40. The molecule has 0 spiro atoms. The first-order valence-corrected chi connectivity index (χ1v) is 6.38. The van der Waals surface area contributed by atoms with Crippen molar-refractivity contribution in [3.05, 3.63) is 32.6 Å². The molecule has 6 heteroatoms. The molecule has 6 nitrogen and oxygen atoms in total. The number of aromatic nitrogens is 2. The first kappa shape index (κ1) is 14.0. The van der Waals surface area contributed by atoms with E-state index in [4.69, 9.17) is 0 Å². The smallest absolute Gasteiger partial charge is 0.328 e. The van der Waals surface area contributed by atoms with E-state index in [1.807, 2.05) is 13.8 Å². The molecular weight excluding hydrogens is 248 g/mol. The van der Waals surface area contributed by atoms with Crippen molar-refractivity contribution < 1.29 is 10.2 Å². The lowest BCUT2D eigenvalue weighted by atomic mass is 9.52. The van der Waals surface area contributed by atoms with Crippen LogP contribution < -0.4 is 11.2 Å². The number of rotatable bonds is 3. The van der Waals surface area contributed by atoms with Gasteiger partial charge in [0.2, 0.25) is 0 Å². The minimum absolute atomic E-state index is 0.0220. The van der Waals surface area contributed by atoms with E-state index in [2.05, 4.69) is 4.98 Å². The molecule has 1 unspecified atom stereocenters. The Bertz CT molecular complexity index is 587. The van der Waals surface area contributed by atoms with Crippen LogP contribution in [0.2, 0.25) is 0 Å². The van der Waals surface area contributed by atoms with E-state index in [1.54, 1.807) is 6.92 Å². The Morgan fingerprint density at radius 3 is 2.47 bits per heavy atom. The normalized spacial score (nSPS) is 29.0. The number of hydrogen-bond acceptors (Lipinski definition) is 4. The molecule has 0 radical (unpaired) electrons. The van der Waals surface area contributed by atoms with Crippen molar-refractivity contribution in [1.82, 2.24) is 9.55 Å². The minimum atomic E-state index is -0.469. The van der Waals surface area contributed by atoms with Crippen LogP contribution in [0.15, 0.2) is 15.8 Å². The fourth-order valence-electron chi connectivity index (χ4n) is 3.38. The molecule has 1 fully saturated rings. The van der Waals surface area contributed by atoms with Crippen LogP contribution in [-0.4, -0.2) is 33.0 Å². The average molecular weight is 268 g/mol. The van der Waals surface area contributed by atoms with Crippen molar-refractivity contribution in [2.45, 2.75) is 26.8 Å². The van der Waals surface area contributed by atoms with Gasteiger partial charge in [-0.1, -0.05) is 13.8 Å². The highest BCUT2D eigenvalue weighted by Gasteiger charge is 2.56. The predicted molar refractivity (Wildman–Crippen MR) is 70.0 cm³/mol. The lowest BCUT2D eigenvalue weighted by Crippen LogP contribution is -2.59. The highest BCUT2D eigenvalue weighted by atomic mass is 16.3. The molecule has 0 bridgehead atoms. The lowest BCUT2D eigenvalue weighted by Gasteiger charge is -2.57. The first-order valence-electron chi connectivity index (χ1n) is 6.38. The van der Waals surface area contributed by atoms with Crippen LogP contribution in [0, 0.1) is 24.2 Å². The Labute approximate surface area is 110 Å². The Balaban J connectivity index is 2.50. The molecule has 19 heavy (non-hydrogen) atoms. The first-order chi connectivity index (χ1) is 8.84. The van der Waals surface area contributed by atoms with E-state index in [9.17, 15) is 19.8 Å². The molecule has 106 valence electrons. The van der Waals surface area contributed by atoms with Gasteiger partial charge in [-0.05, 0) is 18.3 Å². The number of aryl methyl sites for hydroxylation is 1. The zero-order valence-corrected chi connectivity index (χ0v) is 11.4. The molecule has 0 amide bonds. The van der Waals surface area contributed by atoms with E-state index >= 15 is 0 Å². The van der Waals surface area contributed by atoms with Crippen molar-refractivity contribution >= 4 is 0 Å². The van der Waals surface area contributed by atoms with Crippen molar-refractivity contribution in [1.29, 1.82) is 0 Å². The summed E-state index contributed by atoms with van der Waals surface area (Å²) in [4.78, 5) is 25.6. The van der Waals surface area contributed by atoms with Gasteiger partial charge in [-0.25, -0.2) is 4.79 Å². The van der Waals surface area contributed by atoms with Gasteiger partial charge in [0, 0.05) is 36.9 Å². The molecule has 1 aromatic heterocycles. The van der Waals surface area contributed by atoms with Crippen molar-refractivity contribution in [2.24, 2.45) is 17.3 Å². The maximum Gasteiger partial charge on any atom is 0.328 e. The SMILES string of the molecule is Cc1cn([C@H]2C(CO)[C@@H](CO)C2(C)C)c(=O)[nH]c1=O. The van der Waals surface area contributed by atoms with Crippen molar-refractivity contribution in [3.8, 4) is 0 Å². The molecule has 1 saturated carbocycles. The van der Waals surface area contributed by atoms with E-state index in [1.165, 1.54) is 10.8 Å². The van der Waals surface area contributed by atoms with Gasteiger partial charge in [0.25, 0.3) is 5.56 Å². The van der Waals surface area contributed by atoms with Crippen LogP contribution in [0.1, 0.15) is 25.5 Å². The number of aliphatic hydroxyl groups excluding tert-OH is 2. The number of aromatic amines is 1. The van der Waals surface area contributed by atoms with Gasteiger partial charge >= 0.3 is 5.69 Å². The standard InChI is InChI=1S/C13H20N2O4/c1-7-4-15(12(19)14-11(7)18)10-8(5-16)9(6-17)13(10,2)3/h4,8-10,16-17H,5-6H2,1-3H3,(H,14,18,19)/t8?,9-,10+/m1/s1. The number of aliphatic hydroxyl groups is 2. The summed E-state index contributed by atoms with van der Waals surface area (Å²) in [7, 11) is 0. The van der Waals surface area contributed by atoms with E-state index < -0.39 is 11.2 Å². The third-order valence-corrected chi connectivity index (χ3v) is 4.49. The molecule has 0 aliphatic heterocycles. The second kappa shape index (κ2) is 4.61. The predicted octanol–water partition coefficient (Wildman–Crippen LogP) is -0.357. The van der Waals surface area contributed by atoms with Crippen LogP contribution in [-0.2, 0) is 0 Å². The molecule has 2 rings (SSSR count). The zero-order chi connectivity index (χ0) is 14.4. The summed E-state index contributed by atoms with van der Waals surface area (Å²) in [5.41, 5.74) is -0.711. The summed E-state index contributed by atoms with van der Waals surface area (Å²) in [5.74, 6) is -0.232. The molecule has 1 aromatic rings. The summed E-state index contributed by atoms with van der Waals surface area (Å²) in [6, 6.07) is -0.224. The molecule has 1 aliphatic carbocycles. The number of nitrogens with zero attached hydrogens (tertiary/aromatic N) is 1. The summed E-state index contributed by atoms with van der Waals surface area (Å²) in [6.45, 7) is 5.43. The van der Waals surface area contributed by atoms with E-state index in [0.717, 1.165) is 0 Å². The van der Waals surface area contributed by atoms with Gasteiger partial charge in [0.1, 0.15) is 0 Å². The summed E-state index contributed by atoms with van der Waals surface area (Å²) in [5, 5.41) is 18.9. The fourth-order valence-corrected chi connectivity index (χ4v) is 3.38. The number of hydrogen-bond donors (Lipinski definition) is 3. The average Bonchev–Trinajstić information content (AvgIpc) is 2.33. The summed E-state index contributed by atoms with van der Waals surface area (Å²) in [6.07, 6.45) is 1.53. The van der Waals surface area contributed by atoms with Gasteiger partial charge in [-0.15, -0.1) is 0 Å².